The first-order chi connectivity index (χ1) is 13.8. The van der Waals surface area contributed by atoms with E-state index >= 15 is 0 Å². The second-order valence-corrected chi connectivity index (χ2v) is 13.1. The van der Waals surface area contributed by atoms with Crippen LogP contribution < -0.4 is 0 Å². The minimum atomic E-state index is -1.60. The molecule has 0 aliphatic heterocycles. The van der Waals surface area contributed by atoms with Gasteiger partial charge in [-0.2, -0.15) is 0 Å². The van der Waals surface area contributed by atoms with Gasteiger partial charge in [0.05, 0.1) is 8.07 Å². The molecule has 0 saturated carbocycles. The predicted octanol–water partition coefficient (Wildman–Crippen LogP) is 7.11. The van der Waals surface area contributed by atoms with E-state index in [1.807, 2.05) is 24.3 Å². The third-order valence-corrected chi connectivity index (χ3v) is 6.51. The van der Waals surface area contributed by atoms with Crippen molar-refractivity contribution in [3.63, 3.8) is 0 Å². The smallest absolute Gasteiger partial charge is 0.123 e. The summed E-state index contributed by atoms with van der Waals surface area (Å²) in [6.45, 7) is 9.14. The molecule has 0 nitrogen and oxygen atoms in total. The molecule has 0 aliphatic carbocycles. The monoisotopic (exact) mass is 396 g/mol. The number of hydrogen-bond donors (Lipinski definition) is 0. The van der Waals surface area contributed by atoms with Crippen molar-refractivity contribution in [2.75, 3.05) is 0 Å². The molecule has 0 bridgehead atoms. The lowest BCUT2D eigenvalue weighted by molar-refractivity contribution is 0.627. The van der Waals surface area contributed by atoms with Gasteiger partial charge < -0.3 is 0 Å². The lowest BCUT2D eigenvalue weighted by Gasteiger charge is -2.19. The summed E-state index contributed by atoms with van der Waals surface area (Å²) in [5.41, 5.74) is 8.86. The zero-order valence-corrected chi connectivity index (χ0v) is 18.4. The quantitative estimate of drug-likeness (QED) is 0.251. The Kier molecular flexibility index (Phi) is 6.35. The van der Waals surface area contributed by atoms with Gasteiger partial charge in [-0.25, -0.2) is 4.39 Å². The van der Waals surface area contributed by atoms with Crippen LogP contribution >= 0.6 is 0 Å². The van der Waals surface area contributed by atoms with Crippen molar-refractivity contribution in [3.8, 4) is 11.8 Å². The van der Waals surface area contributed by atoms with Gasteiger partial charge in [-0.1, -0.05) is 79.5 Å². The summed E-state index contributed by atoms with van der Waals surface area (Å²) in [5.74, 6) is 6.09. The molecule has 0 spiro atoms. The molecule has 0 fully saturated rings. The summed E-state index contributed by atoms with van der Waals surface area (Å²) >= 11 is 0. The topological polar surface area (TPSA) is 0 Å². The zero-order chi connectivity index (χ0) is 20.9. The standard InChI is InChI=1S/C27H25FSi/c1-21-8-7-11-25(20-21)27(29(2,3)4)19-16-24-10-6-5-9-23(24)15-12-22-13-17-26(28)18-14-22/h5-11,13-14,16-18,20H,1-4H3. The van der Waals surface area contributed by atoms with Gasteiger partial charge in [-0.05, 0) is 59.7 Å². The van der Waals surface area contributed by atoms with Gasteiger partial charge >= 0.3 is 0 Å². The van der Waals surface area contributed by atoms with Gasteiger partial charge in [0.1, 0.15) is 5.82 Å². The van der Waals surface area contributed by atoms with Crippen LogP contribution in [0.15, 0.2) is 78.5 Å². The number of benzene rings is 3. The van der Waals surface area contributed by atoms with E-state index in [0.717, 1.165) is 16.7 Å². The molecule has 0 amide bonds. The first-order valence-corrected chi connectivity index (χ1v) is 13.2. The molecule has 0 atom stereocenters. The van der Waals surface area contributed by atoms with Gasteiger partial charge in [0.2, 0.25) is 0 Å². The van der Waals surface area contributed by atoms with E-state index in [4.69, 9.17) is 0 Å². The minimum Gasteiger partial charge on any atom is -0.207 e. The molecule has 0 aliphatic rings. The van der Waals surface area contributed by atoms with Crippen molar-refractivity contribution in [2.45, 2.75) is 26.6 Å². The first kappa shape index (κ1) is 20.6. The van der Waals surface area contributed by atoms with Gasteiger partial charge in [-0.15, -0.1) is 5.73 Å². The van der Waals surface area contributed by atoms with Crippen molar-refractivity contribution >= 4 is 19.3 Å². The normalized spacial score (nSPS) is 10.5. The summed E-state index contributed by atoms with van der Waals surface area (Å²) in [5, 5.41) is 1.29. The third kappa shape index (κ3) is 5.68. The lowest BCUT2D eigenvalue weighted by atomic mass is 10.1. The fourth-order valence-corrected chi connectivity index (χ4v) is 4.62. The van der Waals surface area contributed by atoms with Gasteiger partial charge in [0.15, 0.2) is 0 Å². The maximum Gasteiger partial charge on any atom is 0.123 e. The molecule has 0 aromatic heterocycles. The van der Waals surface area contributed by atoms with Crippen molar-refractivity contribution < 1.29 is 4.39 Å². The highest BCUT2D eigenvalue weighted by atomic mass is 28.3. The van der Waals surface area contributed by atoms with E-state index < -0.39 is 8.07 Å². The van der Waals surface area contributed by atoms with Crippen LogP contribution in [-0.4, -0.2) is 8.07 Å². The Bertz CT molecular complexity index is 1130. The van der Waals surface area contributed by atoms with E-state index in [-0.39, 0.29) is 5.82 Å². The SMILES string of the molecule is Cc1cccc(C(=C=Cc2ccccc2C#Cc2ccc(F)cc2)[Si](C)(C)C)c1. The summed E-state index contributed by atoms with van der Waals surface area (Å²) in [7, 11) is -1.60. The van der Waals surface area contributed by atoms with Gasteiger partial charge in [0, 0.05) is 11.1 Å². The Morgan fingerprint density at radius 2 is 1.59 bits per heavy atom. The minimum absolute atomic E-state index is 0.251. The van der Waals surface area contributed by atoms with Crippen LogP contribution in [0.4, 0.5) is 4.39 Å². The highest BCUT2D eigenvalue weighted by Gasteiger charge is 2.21. The Labute approximate surface area is 174 Å². The molecule has 144 valence electrons. The molecule has 0 saturated heterocycles. The first-order valence-electron chi connectivity index (χ1n) is 9.74. The van der Waals surface area contributed by atoms with Crippen LogP contribution in [-0.2, 0) is 0 Å². The molecule has 0 radical (unpaired) electrons. The fourth-order valence-electron chi connectivity index (χ4n) is 3.09. The highest BCUT2D eigenvalue weighted by molar-refractivity contribution is 6.93. The van der Waals surface area contributed by atoms with E-state index in [0.29, 0.717) is 0 Å². The second kappa shape index (κ2) is 8.93. The molecule has 0 N–H and O–H groups in total. The molecule has 3 rings (SSSR count). The van der Waals surface area contributed by atoms with Crippen molar-refractivity contribution in [1.29, 1.82) is 0 Å². The zero-order valence-electron chi connectivity index (χ0n) is 17.4. The Hall–Kier alpha value is -3.11. The predicted molar refractivity (Wildman–Crippen MR) is 125 cm³/mol. The number of hydrogen-bond acceptors (Lipinski definition) is 0. The molecule has 0 unspecified atom stereocenters. The summed E-state index contributed by atoms with van der Waals surface area (Å²) in [4.78, 5) is 0. The third-order valence-electron chi connectivity index (χ3n) is 4.58. The number of aryl methyl sites for hydroxylation is 1. The molecular formula is C27H25FSi. The number of halogens is 1. The Balaban J connectivity index is 2.04. The fraction of sp³-hybridized carbons (Fsp3) is 0.148. The molecule has 0 heterocycles. The van der Waals surface area contributed by atoms with Crippen LogP contribution in [0.25, 0.3) is 11.3 Å². The summed E-state index contributed by atoms with van der Waals surface area (Å²) < 4.78 is 13.1. The Morgan fingerprint density at radius 1 is 0.862 bits per heavy atom. The summed E-state index contributed by atoms with van der Waals surface area (Å²) in [6.07, 6.45) is 2.05. The maximum absolute atomic E-state index is 13.1. The molecule has 29 heavy (non-hydrogen) atoms. The van der Waals surface area contributed by atoms with Crippen LogP contribution in [0, 0.1) is 24.6 Å². The highest BCUT2D eigenvalue weighted by Crippen LogP contribution is 2.26. The van der Waals surface area contributed by atoms with Crippen molar-refractivity contribution in [1.82, 2.24) is 0 Å². The number of rotatable bonds is 3. The van der Waals surface area contributed by atoms with Crippen molar-refractivity contribution in [2.24, 2.45) is 0 Å². The maximum atomic E-state index is 13.1. The lowest BCUT2D eigenvalue weighted by Crippen LogP contribution is -2.22. The van der Waals surface area contributed by atoms with E-state index in [9.17, 15) is 4.39 Å². The van der Waals surface area contributed by atoms with E-state index in [2.05, 4.69) is 74.5 Å². The molecule has 2 heteroatoms. The van der Waals surface area contributed by atoms with Gasteiger partial charge in [-0.3, -0.25) is 0 Å². The molecular weight excluding hydrogens is 371 g/mol. The molecule has 3 aromatic rings. The average molecular weight is 397 g/mol. The Morgan fingerprint density at radius 3 is 2.28 bits per heavy atom. The second-order valence-electron chi connectivity index (χ2n) is 8.13. The van der Waals surface area contributed by atoms with Crippen LogP contribution in [0.3, 0.4) is 0 Å². The van der Waals surface area contributed by atoms with Gasteiger partial charge in [0.25, 0.3) is 0 Å². The van der Waals surface area contributed by atoms with Crippen LogP contribution in [0.1, 0.15) is 27.8 Å². The molecule has 3 aromatic carbocycles. The average Bonchev–Trinajstić information content (AvgIpc) is 2.67. The van der Waals surface area contributed by atoms with E-state index in [1.165, 1.54) is 28.5 Å². The van der Waals surface area contributed by atoms with Crippen LogP contribution in [0.5, 0.6) is 0 Å². The van der Waals surface area contributed by atoms with Crippen molar-refractivity contribution in [3.05, 3.63) is 112 Å². The van der Waals surface area contributed by atoms with E-state index in [1.54, 1.807) is 12.1 Å². The van der Waals surface area contributed by atoms with Crippen LogP contribution in [0.2, 0.25) is 19.6 Å². The largest absolute Gasteiger partial charge is 0.207 e. The summed E-state index contributed by atoms with van der Waals surface area (Å²) in [6, 6.07) is 22.9.